The molecule has 1 aromatic heterocycles. The first-order chi connectivity index (χ1) is 12.4. The van der Waals surface area contributed by atoms with Crippen LogP contribution in [0.2, 0.25) is 0 Å². The number of fused-ring (bicyclic) bond motifs is 3. The third kappa shape index (κ3) is 3.12. The van der Waals surface area contributed by atoms with E-state index in [1.165, 1.54) is 17.4 Å². The molecule has 1 aromatic carbocycles. The van der Waals surface area contributed by atoms with Gasteiger partial charge in [-0.2, -0.15) is 8.42 Å². The molecule has 0 spiro atoms. The van der Waals surface area contributed by atoms with E-state index in [1.54, 1.807) is 12.1 Å². The van der Waals surface area contributed by atoms with E-state index >= 15 is 0 Å². The second-order valence-electron chi connectivity index (χ2n) is 6.38. The predicted octanol–water partition coefficient (Wildman–Crippen LogP) is 3.19. The van der Waals surface area contributed by atoms with E-state index in [0.29, 0.717) is 23.1 Å². The Balaban J connectivity index is 1.70. The number of thiazole rings is 1. The maximum absolute atomic E-state index is 12.6. The standard InChI is InChI=1S/C17H18N4O3S2/c1-11-10-25-17(18-11)19-16(22)12-6-7-13-14(9-12)26(23,24)20-15-5-3-2-4-8-21(13)15/h6-7,9-10H,2-5,8H2,1H3,(H,18,19,22). The van der Waals surface area contributed by atoms with Gasteiger partial charge in [0.05, 0.1) is 11.4 Å². The maximum Gasteiger partial charge on any atom is 0.286 e. The number of hydrogen-bond acceptors (Lipinski definition) is 6. The third-order valence-corrected chi connectivity index (χ3v) is 6.66. The topological polar surface area (TPSA) is 91.7 Å². The number of rotatable bonds is 2. The van der Waals surface area contributed by atoms with Crippen molar-refractivity contribution in [3.63, 3.8) is 0 Å². The molecule has 0 aliphatic carbocycles. The molecular weight excluding hydrogens is 372 g/mol. The van der Waals surface area contributed by atoms with Gasteiger partial charge < -0.3 is 4.90 Å². The lowest BCUT2D eigenvalue weighted by atomic mass is 10.1. The third-order valence-electron chi connectivity index (χ3n) is 4.45. The Morgan fingerprint density at radius 2 is 2.12 bits per heavy atom. The van der Waals surface area contributed by atoms with Crippen molar-refractivity contribution in [2.75, 3.05) is 16.8 Å². The molecule has 2 aliphatic heterocycles. The molecule has 9 heteroatoms. The van der Waals surface area contributed by atoms with Gasteiger partial charge in [-0.1, -0.05) is 6.42 Å². The molecule has 2 aromatic rings. The molecular formula is C17H18N4O3S2. The zero-order valence-corrected chi connectivity index (χ0v) is 15.9. The van der Waals surface area contributed by atoms with Crippen molar-refractivity contribution in [3.05, 3.63) is 34.8 Å². The monoisotopic (exact) mass is 390 g/mol. The molecule has 0 atom stereocenters. The summed E-state index contributed by atoms with van der Waals surface area (Å²) < 4.78 is 29.2. The largest absolute Gasteiger partial charge is 0.328 e. The Labute approximate surface area is 155 Å². The number of amides is 1. The minimum absolute atomic E-state index is 0.0890. The number of aromatic nitrogens is 1. The van der Waals surface area contributed by atoms with Crippen LogP contribution >= 0.6 is 11.3 Å². The Kier molecular flexibility index (Phi) is 4.28. The van der Waals surface area contributed by atoms with Gasteiger partial charge in [0, 0.05) is 23.9 Å². The highest BCUT2D eigenvalue weighted by Crippen LogP contribution is 2.35. The van der Waals surface area contributed by atoms with Gasteiger partial charge in [-0.05, 0) is 38.0 Å². The molecule has 4 rings (SSSR count). The minimum atomic E-state index is -3.80. The number of amidine groups is 1. The van der Waals surface area contributed by atoms with Gasteiger partial charge in [0.2, 0.25) is 0 Å². The fourth-order valence-electron chi connectivity index (χ4n) is 3.20. The van der Waals surface area contributed by atoms with Crippen molar-refractivity contribution in [2.24, 2.45) is 4.40 Å². The number of nitrogens with one attached hydrogen (secondary N) is 1. The van der Waals surface area contributed by atoms with Crippen LogP contribution in [0.25, 0.3) is 0 Å². The van der Waals surface area contributed by atoms with Crippen LogP contribution in [-0.4, -0.2) is 31.7 Å². The van der Waals surface area contributed by atoms with Crippen LogP contribution in [0.3, 0.4) is 0 Å². The molecule has 0 bridgehead atoms. The van der Waals surface area contributed by atoms with Crippen LogP contribution in [0.5, 0.6) is 0 Å². The molecule has 2 aliphatic rings. The molecule has 1 amide bonds. The summed E-state index contributed by atoms with van der Waals surface area (Å²) in [5.41, 5.74) is 1.70. The fourth-order valence-corrected chi connectivity index (χ4v) is 5.17. The number of benzene rings is 1. The van der Waals surface area contributed by atoms with Crippen LogP contribution in [0.4, 0.5) is 10.8 Å². The van der Waals surface area contributed by atoms with E-state index in [-0.39, 0.29) is 16.4 Å². The molecule has 3 heterocycles. The number of anilines is 2. The van der Waals surface area contributed by atoms with Gasteiger partial charge >= 0.3 is 0 Å². The summed E-state index contributed by atoms with van der Waals surface area (Å²) in [5, 5.41) is 5.03. The van der Waals surface area contributed by atoms with Gasteiger partial charge in [-0.15, -0.1) is 15.7 Å². The summed E-state index contributed by atoms with van der Waals surface area (Å²) >= 11 is 1.33. The predicted molar refractivity (Wildman–Crippen MR) is 102 cm³/mol. The summed E-state index contributed by atoms with van der Waals surface area (Å²) in [6.07, 6.45) is 3.64. The van der Waals surface area contributed by atoms with Gasteiger partial charge in [0.25, 0.3) is 15.9 Å². The first-order valence-electron chi connectivity index (χ1n) is 8.43. The molecule has 1 fully saturated rings. The van der Waals surface area contributed by atoms with Crippen molar-refractivity contribution >= 4 is 43.9 Å². The highest BCUT2D eigenvalue weighted by Gasteiger charge is 2.32. The molecule has 26 heavy (non-hydrogen) atoms. The van der Waals surface area contributed by atoms with E-state index in [0.717, 1.165) is 31.5 Å². The van der Waals surface area contributed by atoms with E-state index in [1.807, 2.05) is 17.2 Å². The van der Waals surface area contributed by atoms with Crippen molar-refractivity contribution in [3.8, 4) is 0 Å². The van der Waals surface area contributed by atoms with Crippen molar-refractivity contribution in [1.82, 2.24) is 4.98 Å². The van der Waals surface area contributed by atoms with Crippen molar-refractivity contribution in [1.29, 1.82) is 0 Å². The maximum atomic E-state index is 12.6. The molecule has 0 saturated carbocycles. The van der Waals surface area contributed by atoms with Crippen LogP contribution in [0.15, 0.2) is 32.9 Å². The second kappa shape index (κ2) is 6.48. The molecule has 0 radical (unpaired) electrons. The fraction of sp³-hybridized carbons (Fsp3) is 0.353. The van der Waals surface area contributed by atoms with Crippen molar-refractivity contribution < 1.29 is 13.2 Å². The van der Waals surface area contributed by atoms with Gasteiger partial charge in [-0.25, -0.2) is 4.98 Å². The average Bonchev–Trinajstić information content (AvgIpc) is 2.87. The number of sulfonamides is 1. The van der Waals surface area contributed by atoms with Gasteiger partial charge in [-0.3, -0.25) is 10.1 Å². The number of hydrogen-bond donors (Lipinski definition) is 1. The highest BCUT2D eigenvalue weighted by atomic mass is 32.2. The summed E-state index contributed by atoms with van der Waals surface area (Å²) in [7, 11) is -3.80. The number of carbonyl (C=O) groups is 1. The Morgan fingerprint density at radius 1 is 1.27 bits per heavy atom. The Morgan fingerprint density at radius 3 is 2.88 bits per heavy atom. The van der Waals surface area contributed by atoms with Gasteiger partial charge in [0.15, 0.2) is 5.13 Å². The highest BCUT2D eigenvalue weighted by molar-refractivity contribution is 7.90. The van der Waals surface area contributed by atoms with Crippen molar-refractivity contribution in [2.45, 2.75) is 37.5 Å². The zero-order valence-electron chi connectivity index (χ0n) is 14.2. The van der Waals surface area contributed by atoms with Crippen LogP contribution in [-0.2, 0) is 10.0 Å². The quantitative estimate of drug-likeness (QED) is 0.850. The van der Waals surface area contributed by atoms with E-state index in [2.05, 4.69) is 14.7 Å². The lowest BCUT2D eigenvalue weighted by molar-refractivity contribution is 0.102. The lowest BCUT2D eigenvalue weighted by Gasteiger charge is -2.29. The molecule has 0 unspecified atom stereocenters. The number of nitrogens with zero attached hydrogens (tertiary/aromatic N) is 3. The van der Waals surface area contributed by atoms with E-state index in [9.17, 15) is 13.2 Å². The zero-order chi connectivity index (χ0) is 18.3. The Hall–Kier alpha value is -2.26. The minimum Gasteiger partial charge on any atom is -0.328 e. The molecule has 1 N–H and O–H groups in total. The number of carbonyl (C=O) groups excluding carboxylic acids is 1. The normalized spacial score (nSPS) is 18.3. The smallest absolute Gasteiger partial charge is 0.286 e. The summed E-state index contributed by atoms with van der Waals surface area (Å²) in [4.78, 5) is 18.7. The van der Waals surface area contributed by atoms with Crippen LogP contribution in [0, 0.1) is 6.92 Å². The second-order valence-corrected chi connectivity index (χ2v) is 8.81. The summed E-state index contributed by atoms with van der Waals surface area (Å²) in [6.45, 7) is 2.58. The Bertz CT molecular complexity index is 1010. The van der Waals surface area contributed by atoms with E-state index < -0.39 is 10.0 Å². The summed E-state index contributed by atoms with van der Waals surface area (Å²) in [5.74, 6) is 0.216. The lowest BCUT2D eigenvalue weighted by Crippen LogP contribution is -2.35. The average molecular weight is 390 g/mol. The van der Waals surface area contributed by atoms with Crippen LogP contribution < -0.4 is 10.2 Å². The van der Waals surface area contributed by atoms with Crippen LogP contribution in [0.1, 0.15) is 41.7 Å². The first-order valence-corrected chi connectivity index (χ1v) is 10.7. The molecule has 7 nitrogen and oxygen atoms in total. The number of aryl methyl sites for hydroxylation is 1. The molecule has 136 valence electrons. The molecule has 1 saturated heterocycles. The first kappa shape index (κ1) is 17.2. The van der Waals surface area contributed by atoms with E-state index in [4.69, 9.17) is 0 Å². The van der Waals surface area contributed by atoms with Gasteiger partial charge in [0.1, 0.15) is 10.7 Å². The SMILES string of the molecule is Cc1csc(NC(=O)c2ccc3c(c2)S(=O)(=O)N=C2CCCCCN23)n1. The summed E-state index contributed by atoms with van der Waals surface area (Å²) in [6, 6.07) is 4.76.